The standard InChI is InChI=1S/C10H14N4S/c1-3-9-5-4-8(6-13-9)7(2)15-10(11)14-12/h4-6H,2-3,12H2,1H3,(H2,11,14). The van der Waals surface area contributed by atoms with Crippen LogP contribution in [0.25, 0.3) is 4.91 Å². The Bertz CT molecular complexity index is 370. The van der Waals surface area contributed by atoms with Gasteiger partial charge < -0.3 is 11.6 Å². The number of aromatic nitrogens is 1. The van der Waals surface area contributed by atoms with Crippen LogP contribution in [0, 0.1) is 0 Å². The van der Waals surface area contributed by atoms with Gasteiger partial charge in [0.15, 0.2) is 5.17 Å². The number of thioether (sulfide) groups is 1. The van der Waals surface area contributed by atoms with Gasteiger partial charge in [-0.3, -0.25) is 4.98 Å². The van der Waals surface area contributed by atoms with Crippen molar-refractivity contribution in [2.45, 2.75) is 13.3 Å². The Morgan fingerprint density at radius 1 is 1.60 bits per heavy atom. The first kappa shape index (κ1) is 11.6. The van der Waals surface area contributed by atoms with Crippen LogP contribution in [0.1, 0.15) is 18.2 Å². The Kier molecular flexibility index (Phi) is 4.17. The van der Waals surface area contributed by atoms with Gasteiger partial charge in [0.05, 0.1) is 0 Å². The molecule has 4 N–H and O–H groups in total. The maximum Gasteiger partial charge on any atom is 0.182 e. The van der Waals surface area contributed by atoms with Gasteiger partial charge in [-0.15, -0.1) is 0 Å². The monoisotopic (exact) mass is 222 g/mol. The molecule has 1 heterocycles. The first-order chi connectivity index (χ1) is 7.17. The summed E-state index contributed by atoms with van der Waals surface area (Å²) < 4.78 is 0. The predicted octanol–water partition coefficient (Wildman–Crippen LogP) is 1.54. The van der Waals surface area contributed by atoms with Gasteiger partial charge in [-0.25, -0.2) is 0 Å². The fourth-order valence-electron chi connectivity index (χ4n) is 1.01. The number of hydrogen-bond acceptors (Lipinski definition) is 4. The second kappa shape index (κ2) is 5.41. The molecular weight excluding hydrogens is 208 g/mol. The maximum atomic E-state index is 5.47. The summed E-state index contributed by atoms with van der Waals surface area (Å²) in [5.41, 5.74) is 7.46. The van der Waals surface area contributed by atoms with Crippen molar-refractivity contribution in [1.29, 1.82) is 0 Å². The molecule has 0 spiro atoms. The zero-order chi connectivity index (χ0) is 11.3. The average molecular weight is 222 g/mol. The average Bonchev–Trinajstić information content (AvgIpc) is 2.29. The minimum atomic E-state index is 0.291. The van der Waals surface area contributed by atoms with Crippen LogP contribution in [0.15, 0.2) is 30.0 Å². The van der Waals surface area contributed by atoms with E-state index < -0.39 is 0 Å². The van der Waals surface area contributed by atoms with Crippen LogP contribution in [0.3, 0.4) is 0 Å². The Morgan fingerprint density at radius 3 is 2.80 bits per heavy atom. The predicted molar refractivity (Wildman–Crippen MR) is 66.0 cm³/mol. The molecular formula is C10H14N4S. The first-order valence-corrected chi connectivity index (χ1v) is 5.34. The molecule has 0 saturated heterocycles. The van der Waals surface area contributed by atoms with E-state index in [0.29, 0.717) is 5.17 Å². The maximum absolute atomic E-state index is 5.47. The number of pyridine rings is 1. The topological polar surface area (TPSA) is 77.3 Å². The van der Waals surface area contributed by atoms with Crippen molar-refractivity contribution in [3.05, 3.63) is 36.2 Å². The highest BCUT2D eigenvalue weighted by atomic mass is 32.2. The van der Waals surface area contributed by atoms with E-state index in [1.165, 1.54) is 11.8 Å². The number of nitrogens with two attached hydrogens (primary N) is 2. The lowest BCUT2D eigenvalue weighted by molar-refractivity contribution is 1.03. The quantitative estimate of drug-likeness (QED) is 0.352. The molecule has 1 aromatic rings. The zero-order valence-electron chi connectivity index (χ0n) is 8.60. The lowest BCUT2D eigenvalue weighted by atomic mass is 10.2. The lowest BCUT2D eigenvalue weighted by Crippen LogP contribution is -2.08. The molecule has 0 aliphatic heterocycles. The van der Waals surface area contributed by atoms with Crippen molar-refractivity contribution in [3.8, 4) is 0 Å². The van der Waals surface area contributed by atoms with E-state index in [-0.39, 0.29) is 0 Å². The van der Waals surface area contributed by atoms with Crippen LogP contribution in [-0.4, -0.2) is 10.2 Å². The van der Waals surface area contributed by atoms with Crippen LogP contribution in [0.5, 0.6) is 0 Å². The minimum absolute atomic E-state index is 0.291. The molecule has 0 radical (unpaired) electrons. The van der Waals surface area contributed by atoms with E-state index in [1.807, 2.05) is 12.1 Å². The number of aryl methyl sites for hydroxylation is 1. The van der Waals surface area contributed by atoms with E-state index >= 15 is 0 Å². The van der Waals surface area contributed by atoms with Crippen molar-refractivity contribution < 1.29 is 0 Å². The third-order valence-electron chi connectivity index (χ3n) is 1.86. The van der Waals surface area contributed by atoms with E-state index in [0.717, 1.165) is 22.6 Å². The highest BCUT2D eigenvalue weighted by Gasteiger charge is 2.03. The second-order valence-electron chi connectivity index (χ2n) is 2.88. The number of nitrogens with zero attached hydrogens (tertiary/aromatic N) is 2. The number of amidine groups is 1. The summed E-state index contributed by atoms with van der Waals surface area (Å²) in [6, 6.07) is 3.93. The molecule has 15 heavy (non-hydrogen) atoms. The summed E-state index contributed by atoms with van der Waals surface area (Å²) in [4.78, 5) is 5.05. The molecule has 1 rings (SSSR count). The molecule has 1 aromatic heterocycles. The van der Waals surface area contributed by atoms with Crippen molar-refractivity contribution >= 4 is 21.8 Å². The summed E-state index contributed by atoms with van der Waals surface area (Å²) >= 11 is 1.23. The van der Waals surface area contributed by atoms with Gasteiger partial charge in [0.2, 0.25) is 0 Å². The largest absolute Gasteiger partial charge is 0.377 e. The van der Waals surface area contributed by atoms with Gasteiger partial charge in [-0.2, -0.15) is 5.10 Å². The normalized spacial score (nSPS) is 11.4. The molecule has 4 nitrogen and oxygen atoms in total. The van der Waals surface area contributed by atoms with Crippen molar-refractivity contribution in [1.82, 2.24) is 4.98 Å². The fourth-order valence-corrected chi connectivity index (χ4v) is 1.55. The van der Waals surface area contributed by atoms with Gasteiger partial charge in [0.25, 0.3) is 0 Å². The number of rotatable bonds is 3. The smallest absolute Gasteiger partial charge is 0.182 e. The van der Waals surface area contributed by atoms with E-state index in [4.69, 9.17) is 11.6 Å². The molecule has 0 aliphatic carbocycles. The van der Waals surface area contributed by atoms with Crippen LogP contribution < -0.4 is 11.6 Å². The molecule has 0 aliphatic rings. The Balaban J connectivity index is 2.74. The van der Waals surface area contributed by atoms with E-state index in [9.17, 15) is 0 Å². The van der Waals surface area contributed by atoms with Crippen LogP contribution in [0.2, 0.25) is 0 Å². The summed E-state index contributed by atoms with van der Waals surface area (Å²) in [6.07, 6.45) is 2.70. The Labute approximate surface area is 93.5 Å². The molecule has 0 aromatic carbocycles. The summed E-state index contributed by atoms with van der Waals surface area (Å²) in [5, 5.41) is 3.66. The Hall–Kier alpha value is -1.49. The van der Waals surface area contributed by atoms with Gasteiger partial charge in [-0.1, -0.05) is 31.3 Å². The number of hydrazone groups is 1. The Morgan fingerprint density at radius 2 is 2.33 bits per heavy atom. The zero-order valence-corrected chi connectivity index (χ0v) is 9.42. The number of hydrogen-bond donors (Lipinski definition) is 2. The molecule has 0 saturated carbocycles. The van der Waals surface area contributed by atoms with Crippen molar-refractivity contribution in [2.75, 3.05) is 0 Å². The van der Waals surface area contributed by atoms with Crippen LogP contribution in [-0.2, 0) is 6.42 Å². The van der Waals surface area contributed by atoms with Gasteiger partial charge in [-0.05, 0) is 12.5 Å². The molecule has 0 bridgehead atoms. The molecule has 0 amide bonds. The minimum Gasteiger partial charge on any atom is -0.377 e. The third kappa shape index (κ3) is 3.28. The van der Waals surface area contributed by atoms with E-state index in [2.05, 4.69) is 23.6 Å². The molecule has 5 heteroatoms. The van der Waals surface area contributed by atoms with Crippen LogP contribution in [0.4, 0.5) is 0 Å². The summed E-state index contributed by atoms with van der Waals surface area (Å²) in [7, 11) is 0. The highest BCUT2D eigenvalue weighted by Crippen LogP contribution is 2.24. The SMILES string of the molecule is C=C(S/C(N)=N\N)c1ccc(CC)nc1. The van der Waals surface area contributed by atoms with Gasteiger partial charge in [0.1, 0.15) is 0 Å². The summed E-state index contributed by atoms with van der Waals surface area (Å²) in [6.45, 7) is 5.94. The fraction of sp³-hybridized carbons (Fsp3) is 0.200. The summed E-state index contributed by atoms with van der Waals surface area (Å²) in [5.74, 6) is 5.03. The van der Waals surface area contributed by atoms with Gasteiger partial charge >= 0.3 is 0 Å². The first-order valence-electron chi connectivity index (χ1n) is 4.52. The van der Waals surface area contributed by atoms with Crippen molar-refractivity contribution in [3.63, 3.8) is 0 Å². The third-order valence-corrected chi connectivity index (χ3v) is 2.66. The second-order valence-corrected chi connectivity index (χ2v) is 4.00. The molecule has 0 unspecified atom stereocenters. The molecule has 80 valence electrons. The van der Waals surface area contributed by atoms with E-state index in [1.54, 1.807) is 6.20 Å². The van der Waals surface area contributed by atoms with Crippen LogP contribution >= 0.6 is 11.8 Å². The van der Waals surface area contributed by atoms with Crippen molar-refractivity contribution in [2.24, 2.45) is 16.7 Å². The lowest BCUT2D eigenvalue weighted by Gasteiger charge is -2.04. The molecule has 0 atom stereocenters. The molecule has 0 fully saturated rings. The van der Waals surface area contributed by atoms with Gasteiger partial charge in [0, 0.05) is 22.4 Å². The highest BCUT2D eigenvalue weighted by molar-refractivity contribution is 8.21.